The molecule has 0 saturated carbocycles. The number of nitrogens with zero attached hydrogens (tertiary/aromatic N) is 1. The molecule has 1 amide bonds. The summed E-state index contributed by atoms with van der Waals surface area (Å²) in [6.07, 6.45) is 0. The Labute approximate surface area is 150 Å². The van der Waals surface area contributed by atoms with Crippen LogP contribution in [0, 0.1) is 18.3 Å². The molecule has 0 aliphatic carbocycles. The van der Waals surface area contributed by atoms with Crippen molar-refractivity contribution in [3.63, 3.8) is 0 Å². The van der Waals surface area contributed by atoms with E-state index in [0.717, 1.165) is 16.8 Å². The highest BCUT2D eigenvalue weighted by atomic mass is 35.5. The Balaban J connectivity index is 2.27. The van der Waals surface area contributed by atoms with E-state index in [1.165, 1.54) is 11.8 Å². The van der Waals surface area contributed by atoms with Crippen molar-refractivity contribution in [2.45, 2.75) is 12.7 Å². The topological polar surface area (TPSA) is 78.9 Å². The third kappa shape index (κ3) is 4.79. The van der Waals surface area contributed by atoms with Gasteiger partial charge in [0.25, 0.3) is 5.91 Å². The number of amides is 1. The van der Waals surface area contributed by atoms with Crippen LogP contribution in [0.1, 0.15) is 11.1 Å². The van der Waals surface area contributed by atoms with Crippen molar-refractivity contribution < 1.29 is 4.79 Å². The second kappa shape index (κ2) is 8.44. The fourth-order valence-electron chi connectivity index (χ4n) is 1.96. The molecule has 3 N–H and O–H groups in total. The Kier molecular flexibility index (Phi) is 6.30. The second-order valence-corrected chi connectivity index (χ2v) is 6.46. The van der Waals surface area contributed by atoms with E-state index in [2.05, 4.69) is 5.32 Å². The number of nitrogens with one attached hydrogen (secondary N) is 1. The Bertz CT molecular complexity index is 810. The first-order chi connectivity index (χ1) is 11.5. The number of para-hydroxylation sites is 1. The molecule has 2 aromatic rings. The first-order valence-corrected chi connectivity index (χ1v) is 8.51. The van der Waals surface area contributed by atoms with Gasteiger partial charge in [0.2, 0.25) is 0 Å². The van der Waals surface area contributed by atoms with Gasteiger partial charge >= 0.3 is 0 Å². The van der Waals surface area contributed by atoms with Gasteiger partial charge in [0.05, 0.1) is 5.03 Å². The molecule has 0 spiro atoms. The van der Waals surface area contributed by atoms with Crippen LogP contribution in [0.15, 0.2) is 59.1 Å². The van der Waals surface area contributed by atoms with Gasteiger partial charge in [-0.1, -0.05) is 41.9 Å². The minimum atomic E-state index is -0.753. The molecule has 0 unspecified atom stereocenters. The first-order valence-electron chi connectivity index (χ1n) is 7.15. The van der Waals surface area contributed by atoms with Crippen LogP contribution in [0.4, 0.5) is 5.69 Å². The summed E-state index contributed by atoms with van der Waals surface area (Å²) >= 11 is 7.23. The maximum atomic E-state index is 11.6. The van der Waals surface area contributed by atoms with Gasteiger partial charge in [-0.15, -0.1) is 11.8 Å². The maximum absolute atomic E-state index is 11.6. The molecule has 0 bridgehead atoms. The third-order valence-electron chi connectivity index (χ3n) is 3.27. The maximum Gasteiger partial charge on any atom is 0.262 e. The number of aryl methyl sites for hydroxylation is 1. The number of carbonyl (C=O) groups is 1. The van der Waals surface area contributed by atoms with Crippen LogP contribution in [-0.2, 0) is 10.5 Å². The van der Waals surface area contributed by atoms with Crippen LogP contribution < -0.4 is 11.1 Å². The van der Waals surface area contributed by atoms with Crippen LogP contribution >= 0.6 is 23.4 Å². The molecule has 0 aliphatic heterocycles. The molecule has 0 atom stereocenters. The van der Waals surface area contributed by atoms with Gasteiger partial charge in [0, 0.05) is 16.5 Å². The molecule has 2 aromatic carbocycles. The fourth-order valence-corrected chi connectivity index (χ4v) is 3.06. The zero-order valence-corrected chi connectivity index (χ0v) is 14.6. The molecule has 0 aromatic heterocycles. The summed E-state index contributed by atoms with van der Waals surface area (Å²) in [6.45, 7) is 1.94. The lowest BCUT2D eigenvalue weighted by atomic mass is 10.2. The van der Waals surface area contributed by atoms with Crippen LogP contribution in [0.5, 0.6) is 0 Å². The number of anilines is 1. The monoisotopic (exact) mass is 357 g/mol. The molecule has 0 aliphatic rings. The van der Waals surface area contributed by atoms with Gasteiger partial charge in [0.15, 0.2) is 0 Å². The van der Waals surface area contributed by atoms with Gasteiger partial charge in [-0.2, -0.15) is 5.26 Å². The fraction of sp³-hybridized carbons (Fsp3) is 0.111. The van der Waals surface area contributed by atoms with Crippen LogP contribution in [0.25, 0.3) is 0 Å². The predicted molar refractivity (Wildman–Crippen MR) is 99.4 cm³/mol. The minimum absolute atomic E-state index is 0.0859. The largest absolute Gasteiger partial charge is 0.365 e. The SMILES string of the molecule is Cc1ccccc1NC(SCc1ccc(Cl)cc1)=C(C#N)C(N)=O. The molecule has 6 heteroatoms. The average Bonchev–Trinajstić information content (AvgIpc) is 2.56. The number of rotatable bonds is 6. The molecule has 4 nitrogen and oxygen atoms in total. The number of carbonyl (C=O) groups excluding carboxylic acids is 1. The molecular weight excluding hydrogens is 342 g/mol. The number of hydrogen-bond donors (Lipinski definition) is 2. The van der Waals surface area contributed by atoms with E-state index in [0.29, 0.717) is 15.8 Å². The van der Waals surface area contributed by atoms with E-state index in [1.807, 2.05) is 49.4 Å². The molecule has 24 heavy (non-hydrogen) atoms. The van der Waals surface area contributed by atoms with Crippen LogP contribution in [0.3, 0.4) is 0 Å². The summed E-state index contributed by atoms with van der Waals surface area (Å²) in [7, 11) is 0. The normalized spacial score (nSPS) is 11.4. The Morgan fingerprint density at radius 2 is 1.92 bits per heavy atom. The van der Waals surface area contributed by atoms with Crippen molar-refractivity contribution in [2.24, 2.45) is 5.73 Å². The number of hydrogen-bond acceptors (Lipinski definition) is 4. The van der Waals surface area contributed by atoms with E-state index >= 15 is 0 Å². The van der Waals surface area contributed by atoms with E-state index in [1.54, 1.807) is 12.1 Å². The van der Waals surface area contributed by atoms with Gasteiger partial charge in [0.1, 0.15) is 11.6 Å². The molecule has 2 rings (SSSR count). The van der Waals surface area contributed by atoms with Crippen molar-refractivity contribution in [1.82, 2.24) is 0 Å². The molecule has 0 heterocycles. The van der Waals surface area contributed by atoms with Crippen molar-refractivity contribution >= 4 is 35.0 Å². The van der Waals surface area contributed by atoms with Gasteiger partial charge in [-0.05, 0) is 36.2 Å². The van der Waals surface area contributed by atoms with Crippen LogP contribution in [-0.4, -0.2) is 5.91 Å². The summed E-state index contributed by atoms with van der Waals surface area (Å²) < 4.78 is 0. The lowest BCUT2D eigenvalue weighted by Gasteiger charge is -2.14. The van der Waals surface area contributed by atoms with Crippen molar-refractivity contribution in [3.05, 3.63) is 75.3 Å². The minimum Gasteiger partial charge on any atom is -0.365 e. The number of nitrogens with two attached hydrogens (primary N) is 1. The number of halogens is 1. The standard InChI is InChI=1S/C18H16ClN3OS/c1-12-4-2-3-5-16(12)22-18(15(10-20)17(21)23)24-11-13-6-8-14(19)9-7-13/h2-9,22H,11H2,1H3,(H2,21,23). The smallest absolute Gasteiger partial charge is 0.262 e. The number of thioether (sulfide) groups is 1. The molecule has 0 saturated heterocycles. The van der Waals surface area contributed by atoms with E-state index in [4.69, 9.17) is 17.3 Å². The van der Waals surface area contributed by atoms with E-state index < -0.39 is 5.91 Å². The summed E-state index contributed by atoms with van der Waals surface area (Å²) in [5.41, 5.74) is 8.10. The van der Waals surface area contributed by atoms with Gasteiger partial charge in [-0.3, -0.25) is 4.79 Å². The summed E-state index contributed by atoms with van der Waals surface area (Å²) in [5, 5.41) is 13.5. The summed E-state index contributed by atoms with van der Waals surface area (Å²) in [4.78, 5) is 11.6. The lowest BCUT2D eigenvalue weighted by Crippen LogP contribution is -2.17. The van der Waals surface area contributed by atoms with Crippen molar-refractivity contribution in [1.29, 1.82) is 5.26 Å². The summed E-state index contributed by atoms with van der Waals surface area (Å²) in [6, 6.07) is 16.9. The van der Waals surface area contributed by atoms with Crippen LogP contribution in [0.2, 0.25) is 5.02 Å². The highest BCUT2D eigenvalue weighted by molar-refractivity contribution is 8.02. The molecule has 0 fully saturated rings. The average molecular weight is 358 g/mol. The molecular formula is C18H16ClN3OS. The predicted octanol–water partition coefficient (Wildman–Crippen LogP) is 4.21. The first kappa shape index (κ1) is 17.9. The quantitative estimate of drug-likeness (QED) is 0.599. The number of primary amides is 1. The number of benzene rings is 2. The molecule has 122 valence electrons. The Morgan fingerprint density at radius 1 is 1.25 bits per heavy atom. The lowest BCUT2D eigenvalue weighted by molar-refractivity contribution is -0.114. The third-order valence-corrected chi connectivity index (χ3v) is 4.60. The van der Waals surface area contributed by atoms with Gasteiger partial charge < -0.3 is 11.1 Å². The zero-order valence-electron chi connectivity index (χ0n) is 13.0. The number of nitriles is 1. The highest BCUT2D eigenvalue weighted by Crippen LogP contribution is 2.28. The highest BCUT2D eigenvalue weighted by Gasteiger charge is 2.14. The van der Waals surface area contributed by atoms with E-state index in [9.17, 15) is 10.1 Å². The van der Waals surface area contributed by atoms with E-state index in [-0.39, 0.29) is 5.57 Å². The Morgan fingerprint density at radius 3 is 2.50 bits per heavy atom. The summed E-state index contributed by atoms with van der Waals surface area (Å²) in [5.74, 6) is -0.179. The zero-order chi connectivity index (χ0) is 17.5. The van der Waals surface area contributed by atoms with Crippen molar-refractivity contribution in [2.75, 3.05) is 5.32 Å². The van der Waals surface area contributed by atoms with Gasteiger partial charge in [-0.25, -0.2) is 0 Å². The second-order valence-electron chi connectivity index (χ2n) is 5.04. The Hall–Kier alpha value is -2.42. The van der Waals surface area contributed by atoms with Crippen molar-refractivity contribution in [3.8, 4) is 6.07 Å². The molecule has 0 radical (unpaired) electrons.